The van der Waals surface area contributed by atoms with Crippen LogP contribution in [0.1, 0.15) is 32.6 Å². The molecule has 12 heavy (non-hydrogen) atoms. The van der Waals surface area contributed by atoms with Crippen LogP contribution in [0.25, 0.3) is 0 Å². The Labute approximate surface area is 86.9 Å². The van der Waals surface area contributed by atoms with E-state index in [1.807, 2.05) is 6.92 Å². The van der Waals surface area contributed by atoms with Gasteiger partial charge in [-0.2, -0.15) is 0 Å². The molecule has 0 aliphatic heterocycles. The predicted octanol–water partition coefficient (Wildman–Crippen LogP) is 2.70. The smallest absolute Gasteiger partial charge is 0.306 e. The third-order valence-electron chi connectivity index (χ3n) is 2.76. The molecule has 1 saturated carbocycles. The van der Waals surface area contributed by atoms with Crippen LogP contribution in [0.3, 0.4) is 0 Å². The maximum absolute atomic E-state index is 10.7. The molecule has 0 radical (unpaired) electrons. The maximum Gasteiger partial charge on any atom is 0.306 e. The summed E-state index contributed by atoms with van der Waals surface area (Å²) in [5, 5.41) is 8.85. The number of halogens is 1. The molecule has 0 aromatic rings. The zero-order valence-corrected chi connectivity index (χ0v) is 9.45. The van der Waals surface area contributed by atoms with Gasteiger partial charge in [0, 0.05) is 3.92 Å². The Morgan fingerprint density at radius 2 is 2.08 bits per heavy atom. The summed E-state index contributed by atoms with van der Waals surface area (Å²) < 4.78 is 0.572. The lowest BCUT2D eigenvalue weighted by Crippen LogP contribution is -2.30. The molecule has 1 aliphatic carbocycles. The van der Waals surface area contributed by atoms with Crippen LogP contribution in [0, 0.1) is 11.8 Å². The highest BCUT2D eigenvalue weighted by atomic mass is 127. The second-order valence-electron chi connectivity index (χ2n) is 3.59. The van der Waals surface area contributed by atoms with E-state index in [2.05, 4.69) is 22.6 Å². The van der Waals surface area contributed by atoms with Crippen molar-refractivity contribution in [3.8, 4) is 0 Å². The molecule has 1 fully saturated rings. The van der Waals surface area contributed by atoms with Crippen molar-refractivity contribution < 1.29 is 9.90 Å². The summed E-state index contributed by atoms with van der Waals surface area (Å²) in [6, 6.07) is 0. The Hall–Kier alpha value is 0.200. The van der Waals surface area contributed by atoms with Crippen LogP contribution in [0.5, 0.6) is 0 Å². The number of hydrogen-bond acceptors (Lipinski definition) is 1. The molecule has 0 aromatic heterocycles. The first-order valence-corrected chi connectivity index (χ1v) is 5.74. The molecule has 0 saturated heterocycles. The molecule has 0 aromatic carbocycles. The Morgan fingerprint density at radius 1 is 1.50 bits per heavy atom. The van der Waals surface area contributed by atoms with Gasteiger partial charge in [-0.15, -0.1) is 0 Å². The molecule has 3 unspecified atom stereocenters. The van der Waals surface area contributed by atoms with Gasteiger partial charge in [0.15, 0.2) is 0 Å². The minimum atomic E-state index is -0.636. The molecule has 3 heteroatoms. The molecule has 0 amide bonds. The van der Waals surface area contributed by atoms with Crippen LogP contribution < -0.4 is 0 Å². The Morgan fingerprint density at radius 3 is 2.58 bits per heavy atom. The SMILES string of the molecule is CC(C(=O)O)C1CCCCC1I. The van der Waals surface area contributed by atoms with Crippen LogP contribution in [0.2, 0.25) is 0 Å². The van der Waals surface area contributed by atoms with E-state index in [1.54, 1.807) is 0 Å². The molecular formula is C9H15IO2. The van der Waals surface area contributed by atoms with Gasteiger partial charge < -0.3 is 5.11 Å². The molecule has 2 nitrogen and oxygen atoms in total. The number of carboxylic acids is 1. The number of aliphatic carboxylic acids is 1. The quantitative estimate of drug-likeness (QED) is 0.624. The van der Waals surface area contributed by atoms with Crippen molar-refractivity contribution in [2.75, 3.05) is 0 Å². The summed E-state index contributed by atoms with van der Waals surface area (Å²) in [6.07, 6.45) is 4.78. The van der Waals surface area contributed by atoms with Crippen LogP contribution in [0.15, 0.2) is 0 Å². The van der Waals surface area contributed by atoms with Crippen molar-refractivity contribution in [3.63, 3.8) is 0 Å². The van der Waals surface area contributed by atoms with E-state index in [0.29, 0.717) is 9.84 Å². The number of carbonyl (C=O) groups is 1. The van der Waals surface area contributed by atoms with Crippen LogP contribution in [0.4, 0.5) is 0 Å². The van der Waals surface area contributed by atoms with Gasteiger partial charge in [0.1, 0.15) is 0 Å². The topological polar surface area (TPSA) is 37.3 Å². The fourth-order valence-corrected chi connectivity index (χ4v) is 3.28. The molecule has 1 aliphatic rings. The molecule has 70 valence electrons. The van der Waals surface area contributed by atoms with Crippen molar-refractivity contribution in [3.05, 3.63) is 0 Å². The lowest BCUT2D eigenvalue weighted by atomic mass is 9.81. The van der Waals surface area contributed by atoms with E-state index in [-0.39, 0.29) is 5.92 Å². The van der Waals surface area contributed by atoms with Gasteiger partial charge in [0.05, 0.1) is 5.92 Å². The third kappa shape index (κ3) is 2.34. The number of rotatable bonds is 2. The molecule has 0 heterocycles. The largest absolute Gasteiger partial charge is 0.481 e. The summed E-state index contributed by atoms with van der Waals surface area (Å²) >= 11 is 2.40. The summed E-state index contributed by atoms with van der Waals surface area (Å²) in [5.74, 6) is -0.396. The molecule has 0 spiro atoms. The van der Waals surface area contributed by atoms with E-state index < -0.39 is 5.97 Å². The van der Waals surface area contributed by atoms with Gasteiger partial charge in [-0.3, -0.25) is 4.79 Å². The molecule has 1 N–H and O–H groups in total. The summed E-state index contributed by atoms with van der Waals surface area (Å²) in [6.45, 7) is 1.84. The van der Waals surface area contributed by atoms with Crippen molar-refractivity contribution in [2.45, 2.75) is 36.5 Å². The molecule has 3 atom stereocenters. The van der Waals surface area contributed by atoms with E-state index in [0.717, 1.165) is 6.42 Å². The van der Waals surface area contributed by atoms with Crippen LogP contribution in [-0.2, 0) is 4.79 Å². The average Bonchev–Trinajstić information content (AvgIpc) is 2.04. The standard InChI is InChI=1S/C9H15IO2/c1-6(9(11)12)7-4-2-3-5-8(7)10/h6-8H,2-5H2,1H3,(H,11,12). The van der Waals surface area contributed by atoms with E-state index in [1.165, 1.54) is 19.3 Å². The molecule has 1 rings (SSSR count). The molecular weight excluding hydrogens is 267 g/mol. The number of alkyl halides is 1. The lowest BCUT2D eigenvalue weighted by Gasteiger charge is -2.30. The second-order valence-corrected chi connectivity index (χ2v) is 5.19. The molecule has 0 bridgehead atoms. The van der Waals surface area contributed by atoms with E-state index in [4.69, 9.17) is 5.11 Å². The summed E-state index contributed by atoms with van der Waals surface area (Å²) in [5.41, 5.74) is 0. The van der Waals surface area contributed by atoms with Crippen molar-refractivity contribution in [1.82, 2.24) is 0 Å². The van der Waals surface area contributed by atoms with Gasteiger partial charge in [-0.1, -0.05) is 42.4 Å². The zero-order chi connectivity index (χ0) is 9.14. The highest BCUT2D eigenvalue weighted by Gasteiger charge is 2.31. The van der Waals surface area contributed by atoms with Gasteiger partial charge in [-0.05, 0) is 18.8 Å². The van der Waals surface area contributed by atoms with Crippen LogP contribution in [-0.4, -0.2) is 15.0 Å². The summed E-state index contributed by atoms with van der Waals surface area (Å²) in [4.78, 5) is 10.7. The van der Waals surface area contributed by atoms with Crippen molar-refractivity contribution >= 4 is 28.6 Å². The predicted molar refractivity (Wildman–Crippen MR) is 56.6 cm³/mol. The fourth-order valence-electron chi connectivity index (χ4n) is 1.86. The lowest BCUT2D eigenvalue weighted by molar-refractivity contribution is -0.143. The Bertz CT molecular complexity index is 170. The highest BCUT2D eigenvalue weighted by molar-refractivity contribution is 14.1. The monoisotopic (exact) mass is 282 g/mol. The first kappa shape index (κ1) is 10.3. The van der Waals surface area contributed by atoms with Gasteiger partial charge in [-0.25, -0.2) is 0 Å². The Kier molecular flexibility index (Phi) is 3.80. The highest BCUT2D eigenvalue weighted by Crippen LogP contribution is 2.35. The average molecular weight is 282 g/mol. The van der Waals surface area contributed by atoms with Gasteiger partial charge >= 0.3 is 5.97 Å². The van der Waals surface area contributed by atoms with Crippen molar-refractivity contribution in [1.29, 1.82) is 0 Å². The van der Waals surface area contributed by atoms with Crippen molar-refractivity contribution in [2.24, 2.45) is 11.8 Å². The van der Waals surface area contributed by atoms with Crippen LogP contribution >= 0.6 is 22.6 Å². The Balaban J connectivity index is 2.53. The van der Waals surface area contributed by atoms with Gasteiger partial charge in [0.25, 0.3) is 0 Å². The zero-order valence-electron chi connectivity index (χ0n) is 7.29. The van der Waals surface area contributed by atoms with E-state index >= 15 is 0 Å². The summed E-state index contributed by atoms with van der Waals surface area (Å²) in [7, 11) is 0. The van der Waals surface area contributed by atoms with E-state index in [9.17, 15) is 4.79 Å². The first-order valence-electron chi connectivity index (χ1n) is 4.50. The number of hydrogen-bond donors (Lipinski definition) is 1. The first-order chi connectivity index (χ1) is 5.63. The maximum atomic E-state index is 10.7. The number of carboxylic acid groups (broad SMARTS) is 1. The second kappa shape index (κ2) is 4.44. The van der Waals surface area contributed by atoms with Gasteiger partial charge in [0.2, 0.25) is 0 Å². The minimum Gasteiger partial charge on any atom is -0.481 e. The normalized spacial score (nSPS) is 32.8. The third-order valence-corrected chi connectivity index (χ3v) is 4.31. The minimum absolute atomic E-state index is 0.160. The fraction of sp³-hybridized carbons (Fsp3) is 0.889.